The van der Waals surface area contributed by atoms with Crippen LogP contribution >= 0.6 is 57.6 Å². The minimum atomic E-state index is -0.263. The van der Waals surface area contributed by atoms with Gasteiger partial charge in [-0.1, -0.05) is 35.0 Å². The van der Waals surface area contributed by atoms with Crippen LogP contribution in [0.25, 0.3) is 11.3 Å². The number of thioether (sulfide) groups is 1. The first kappa shape index (κ1) is 15.8. The van der Waals surface area contributed by atoms with E-state index in [2.05, 4.69) is 10.3 Å². The molecule has 0 aliphatic rings. The van der Waals surface area contributed by atoms with Gasteiger partial charge in [0.25, 0.3) is 0 Å². The van der Waals surface area contributed by atoms with Crippen molar-refractivity contribution in [2.24, 2.45) is 0 Å². The highest BCUT2D eigenvalue weighted by molar-refractivity contribution is 8.14. The topological polar surface area (TPSA) is 59.1 Å². The second kappa shape index (κ2) is 6.91. The third-order valence-corrected chi connectivity index (χ3v) is 5.15. The number of nitrogens with one attached hydrogen (secondary N) is 1. The maximum atomic E-state index is 11.6. The van der Waals surface area contributed by atoms with Crippen molar-refractivity contribution in [3.05, 3.63) is 20.1 Å². The Hall–Kier alpha value is -0.600. The fraction of sp³-hybridized carbons (Fsp3) is 0.182. The monoisotopic (exact) mass is 366 g/mol. The van der Waals surface area contributed by atoms with E-state index in [0.29, 0.717) is 19.5 Å². The molecule has 0 saturated heterocycles. The molecule has 2 heterocycles. The average Bonchev–Trinajstić information content (AvgIpc) is 2.93. The number of thiazole rings is 1. The normalized spacial score (nSPS) is 10.6. The van der Waals surface area contributed by atoms with Gasteiger partial charge in [-0.25, -0.2) is 4.98 Å². The van der Waals surface area contributed by atoms with Crippen LogP contribution < -0.4 is 5.32 Å². The molecule has 20 heavy (non-hydrogen) atoms. The van der Waals surface area contributed by atoms with Crippen molar-refractivity contribution >= 4 is 73.8 Å². The van der Waals surface area contributed by atoms with Crippen molar-refractivity contribution in [1.29, 1.82) is 0 Å². The van der Waals surface area contributed by atoms with Crippen LogP contribution in [0.15, 0.2) is 11.4 Å². The van der Waals surface area contributed by atoms with Gasteiger partial charge in [-0.2, -0.15) is 0 Å². The van der Waals surface area contributed by atoms with Gasteiger partial charge in [-0.05, 0) is 6.07 Å². The van der Waals surface area contributed by atoms with Crippen LogP contribution in [0.2, 0.25) is 8.67 Å². The van der Waals surface area contributed by atoms with Crippen LogP contribution in [0.1, 0.15) is 6.92 Å². The van der Waals surface area contributed by atoms with E-state index in [1.54, 1.807) is 11.4 Å². The number of amides is 1. The van der Waals surface area contributed by atoms with Crippen molar-refractivity contribution < 1.29 is 9.59 Å². The third-order valence-electron chi connectivity index (χ3n) is 2.09. The summed E-state index contributed by atoms with van der Waals surface area (Å²) < 4.78 is 1.15. The molecule has 106 valence electrons. The molecule has 2 aromatic heterocycles. The summed E-state index contributed by atoms with van der Waals surface area (Å²) in [6.45, 7) is 1.42. The average molecular weight is 367 g/mol. The summed E-state index contributed by atoms with van der Waals surface area (Å²) in [6, 6.07) is 1.74. The van der Waals surface area contributed by atoms with Gasteiger partial charge in [0.2, 0.25) is 5.91 Å². The standard InChI is InChI=1S/C11H8Cl2N2O2S3/c1-5(16)18-4-9(17)15-11-14-7(3-19-11)6-2-8(12)20-10(6)13/h2-3H,4H2,1H3,(H,14,15,17). The van der Waals surface area contributed by atoms with E-state index in [4.69, 9.17) is 23.2 Å². The first-order chi connectivity index (χ1) is 9.45. The van der Waals surface area contributed by atoms with Crippen molar-refractivity contribution in [2.45, 2.75) is 6.92 Å². The number of thiophene rings is 1. The molecular weight excluding hydrogens is 359 g/mol. The molecule has 0 aromatic carbocycles. The molecule has 0 unspecified atom stereocenters. The lowest BCUT2D eigenvalue weighted by Crippen LogP contribution is -2.14. The maximum Gasteiger partial charge on any atom is 0.236 e. The number of halogens is 2. The van der Waals surface area contributed by atoms with E-state index >= 15 is 0 Å². The molecule has 9 heteroatoms. The number of rotatable bonds is 4. The molecule has 0 radical (unpaired) electrons. The fourth-order valence-electron chi connectivity index (χ4n) is 1.29. The number of aromatic nitrogens is 1. The third kappa shape index (κ3) is 4.20. The number of hydrogen-bond donors (Lipinski definition) is 1. The number of hydrogen-bond acceptors (Lipinski definition) is 6. The van der Waals surface area contributed by atoms with Gasteiger partial charge in [0.1, 0.15) is 4.34 Å². The second-order valence-electron chi connectivity index (χ2n) is 3.60. The highest BCUT2D eigenvalue weighted by Gasteiger charge is 2.13. The van der Waals surface area contributed by atoms with Gasteiger partial charge >= 0.3 is 0 Å². The number of anilines is 1. The van der Waals surface area contributed by atoms with Gasteiger partial charge in [0, 0.05) is 17.9 Å². The molecule has 1 N–H and O–H groups in total. The van der Waals surface area contributed by atoms with Crippen LogP contribution in [-0.4, -0.2) is 21.8 Å². The Labute approximate surface area is 137 Å². The van der Waals surface area contributed by atoms with Crippen LogP contribution in [0.5, 0.6) is 0 Å². The lowest BCUT2D eigenvalue weighted by atomic mass is 10.3. The number of carbonyl (C=O) groups excluding carboxylic acids is 2. The Morgan fingerprint density at radius 1 is 1.45 bits per heavy atom. The van der Waals surface area contributed by atoms with Crippen LogP contribution in [0.4, 0.5) is 5.13 Å². The van der Waals surface area contributed by atoms with E-state index < -0.39 is 0 Å². The fourth-order valence-corrected chi connectivity index (χ4v) is 3.91. The maximum absolute atomic E-state index is 11.6. The summed E-state index contributed by atoms with van der Waals surface area (Å²) in [5, 5.41) is 4.79. The Morgan fingerprint density at radius 3 is 2.80 bits per heavy atom. The molecular formula is C11H8Cl2N2O2S3. The zero-order valence-corrected chi connectivity index (χ0v) is 14.1. The minimum Gasteiger partial charge on any atom is -0.301 e. The Bertz CT molecular complexity index is 654. The highest BCUT2D eigenvalue weighted by Crippen LogP contribution is 2.38. The molecule has 2 aromatic rings. The van der Waals surface area contributed by atoms with Crippen molar-refractivity contribution in [3.8, 4) is 11.3 Å². The van der Waals surface area contributed by atoms with E-state index in [9.17, 15) is 9.59 Å². The molecule has 0 saturated carbocycles. The van der Waals surface area contributed by atoms with Crippen molar-refractivity contribution in [2.75, 3.05) is 11.1 Å². The van der Waals surface area contributed by atoms with Crippen molar-refractivity contribution in [3.63, 3.8) is 0 Å². The minimum absolute atomic E-state index is 0.0787. The van der Waals surface area contributed by atoms with E-state index in [1.807, 2.05) is 0 Å². The van der Waals surface area contributed by atoms with Gasteiger partial charge in [-0.3, -0.25) is 9.59 Å². The summed E-state index contributed by atoms with van der Waals surface area (Å²) in [5.74, 6) is -0.185. The van der Waals surface area contributed by atoms with Gasteiger partial charge < -0.3 is 5.32 Å². The smallest absolute Gasteiger partial charge is 0.236 e. The quantitative estimate of drug-likeness (QED) is 0.870. The zero-order chi connectivity index (χ0) is 14.7. The van der Waals surface area contributed by atoms with Crippen molar-refractivity contribution in [1.82, 2.24) is 4.98 Å². The molecule has 0 spiro atoms. The lowest BCUT2D eigenvalue weighted by molar-refractivity contribution is -0.114. The second-order valence-corrected chi connectivity index (χ2v) is 7.90. The molecule has 2 rings (SSSR count). The Morgan fingerprint density at radius 2 is 2.20 bits per heavy atom. The van der Waals surface area contributed by atoms with Crippen LogP contribution in [0.3, 0.4) is 0 Å². The van der Waals surface area contributed by atoms with E-state index in [-0.39, 0.29) is 16.8 Å². The van der Waals surface area contributed by atoms with Crippen LogP contribution in [-0.2, 0) is 9.59 Å². The molecule has 4 nitrogen and oxygen atoms in total. The molecule has 0 atom stereocenters. The summed E-state index contributed by atoms with van der Waals surface area (Å²) in [7, 11) is 0. The molecule has 0 fully saturated rings. The van der Waals surface area contributed by atoms with Gasteiger partial charge in [-0.15, -0.1) is 22.7 Å². The first-order valence-corrected chi connectivity index (χ1v) is 8.73. The Balaban J connectivity index is 2.04. The molecule has 1 amide bonds. The van der Waals surface area contributed by atoms with Gasteiger partial charge in [0.15, 0.2) is 10.2 Å². The highest BCUT2D eigenvalue weighted by atomic mass is 35.5. The summed E-state index contributed by atoms with van der Waals surface area (Å²) in [5.41, 5.74) is 1.41. The molecule has 0 bridgehead atoms. The predicted octanol–water partition coefficient (Wildman–Crippen LogP) is 4.40. The van der Waals surface area contributed by atoms with E-state index in [1.165, 1.54) is 29.6 Å². The summed E-state index contributed by atoms with van der Waals surface area (Å²) in [4.78, 5) is 26.6. The largest absolute Gasteiger partial charge is 0.301 e. The predicted molar refractivity (Wildman–Crippen MR) is 87.2 cm³/mol. The van der Waals surface area contributed by atoms with Crippen LogP contribution in [0, 0.1) is 0 Å². The lowest BCUT2D eigenvalue weighted by Gasteiger charge is -1.99. The Kier molecular flexibility index (Phi) is 5.45. The number of carbonyl (C=O) groups is 2. The molecule has 0 aliphatic carbocycles. The summed E-state index contributed by atoms with van der Waals surface area (Å²) >= 11 is 15.4. The zero-order valence-electron chi connectivity index (χ0n) is 10.1. The SMILES string of the molecule is CC(=O)SCC(=O)Nc1nc(-c2cc(Cl)sc2Cl)cs1. The van der Waals surface area contributed by atoms with Gasteiger partial charge in [0.05, 0.1) is 15.8 Å². The first-order valence-electron chi connectivity index (χ1n) is 5.29. The van der Waals surface area contributed by atoms with E-state index in [0.717, 1.165) is 17.3 Å². The number of nitrogens with zero attached hydrogens (tertiary/aromatic N) is 1. The molecule has 0 aliphatic heterocycles. The summed E-state index contributed by atoms with van der Waals surface area (Å²) in [6.07, 6.45) is 0.